The fraction of sp³-hybridized carbons (Fsp3) is 0.538. The van der Waals surface area contributed by atoms with Gasteiger partial charge in [0, 0.05) is 11.1 Å². The quantitative estimate of drug-likeness (QED) is 0.857. The van der Waals surface area contributed by atoms with Crippen molar-refractivity contribution >= 4 is 11.6 Å². The molecule has 0 heterocycles. The Morgan fingerprint density at radius 1 is 1.44 bits per heavy atom. The molecule has 1 aromatic carbocycles. The molecule has 1 saturated carbocycles. The summed E-state index contributed by atoms with van der Waals surface area (Å²) in [5.41, 5.74) is 6.92. The van der Waals surface area contributed by atoms with E-state index in [4.69, 9.17) is 22.1 Å². The summed E-state index contributed by atoms with van der Waals surface area (Å²) in [6.45, 7) is 2.81. The van der Waals surface area contributed by atoms with Gasteiger partial charge in [0.1, 0.15) is 5.75 Å². The van der Waals surface area contributed by atoms with Gasteiger partial charge in [-0.1, -0.05) is 11.6 Å². The Kier molecular flexibility index (Phi) is 3.72. The summed E-state index contributed by atoms with van der Waals surface area (Å²) in [5, 5.41) is 0.726. The van der Waals surface area contributed by atoms with Crippen molar-refractivity contribution in [2.24, 2.45) is 11.7 Å². The summed E-state index contributed by atoms with van der Waals surface area (Å²) >= 11 is 6.04. The number of halogens is 1. The van der Waals surface area contributed by atoms with Crippen LogP contribution in [0, 0.1) is 5.92 Å². The molecule has 0 aliphatic heterocycles. The van der Waals surface area contributed by atoms with E-state index < -0.39 is 0 Å². The van der Waals surface area contributed by atoms with Gasteiger partial charge in [-0.3, -0.25) is 0 Å². The second-order valence-electron chi connectivity index (χ2n) is 4.73. The van der Waals surface area contributed by atoms with E-state index in [1.807, 2.05) is 25.1 Å². The van der Waals surface area contributed by atoms with E-state index in [-0.39, 0.29) is 6.04 Å². The van der Waals surface area contributed by atoms with Crippen LogP contribution in [-0.2, 0) is 6.42 Å². The molecule has 0 saturated heterocycles. The van der Waals surface area contributed by atoms with Gasteiger partial charge in [0.05, 0.1) is 6.61 Å². The molecule has 2 N–H and O–H groups in total. The van der Waals surface area contributed by atoms with Gasteiger partial charge in [-0.2, -0.15) is 0 Å². The smallest absolute Gasteiger partial charge is 0.121 e. The van der Waals surface area contributed by atoms with Crippen LogP contribution in [0.4, 0.5) is 0 Å². The number of ether oxygens (including phenoxy) is 1. The number of hydrogen-bond donors (Lipinski definition) is 1. The van der Waals surface area contributed by atoms with Crippen LogP contribution < -0.4 is 10.5 Å². The van der Waals surface area contributed by atoms with Crippen LogP contribution in [0.5, 0.6) is 5.75 Å². The van der Waals surface area contributed by atoms with Gasteiger partial charge in [0.15, 0.2) is 0 Å². The van der Waals surface area contributed by atoms with Crippen LogP contribution in [0.1, 0.15) is 25.3 Å². The molecule has 0 amide bonds. The summed E-state index contributed by atoms with van der Waals surface area (Å²) in [4.78, 5) is 0. The summed E-state index contributed by atoms with van der Waals surface area (Å²) in [6.07, 6.45) is 3.43. The molecule has 1 aliphatic rings. The Hall–Kier alpha value is -0.730. The van der Waals surface area contributed by atoms with Crippen LogP contribution >= 0.6 is 11.6 Å². The fourth-order valence-electron chi connectivity index (χ4n) is 1.69. The first-order chi connectivity index (χ1) is 7.63. The average Bonchev–Trinajstić information content (AvgIpc) is 2.95. The third kappa shape index (κ3) is 3.69. The van der Waals surface area contributed by atoms with Crippen LogP contribution in [0.25, 0.3) is 0 Å². The van der Waals surface area contributed by atoms with Gasteiger partial charge in [0.2, 0.25) is 0 Å². The highest BCUT2D eigenvalue weighted by Gasteiger charge is 2.21. The van der Waals surface area contributed by atoms with E-state index in [1.54, 1.807) is 0 Å². The molecular formula is C13H18ClNO. The normalized spacial score (nSPS) is 17.2. The Morgan fingerprint density at radius 3 is 2.81 bits per heavy atom. The van der Waals surface area contributed by atoms with Crippen molar-refractivity contribution in [2.45, 2.75) is 32.2 Å². The summed E-state index contributed by atoms with van der Waals surface area (Å²) < 4.78 is 5.71. The zero-order valence-electron chi connectivity index (χ0n) is 9.58. The first kappa shape index (κ1) is 11.7. The molecule has 1 fully saturated rings. The van der Waals surface area contributed by atoms with Crippen LogP contribution in [0.2, 0.25) is 5.02 Å². The molecule has 1 atom stereocenters. The molecule has 16 heavy (non-hydrogen) atoms. The van der Waals surface area contributed by atoms with E-state index in [2.05, 4.69) is 0 Å². The Bertz CT molecular complexity index is 361. The fourth-order valence-corrected chi connectivity index (χ4v) is 1.94. The molecule has 3 heteroatoms. The van der Waals surface area contributed by atoms with E-state index in [9.17, 15) is 0 Å². The predicted molar refractivity (Wildman–Crippen MR) is 67.0 cm³/mol. The first-order valence-corrected chi connectivity index (χ1v) is 6.19. The summed E-state index contributed by atoms with van der Waals surface area (Å²) in [5.74, 6) is 1.63. The topological polar surface area (TPSA) is 35.2 Å². The van der Waals surface area contributed by atoms with Crippen LogP contribution in [-0.4, -0.2) is 12.6 Å². The van der Waals surface area contributed by atoms with Gasteiger partial charge in [-0.05, 0) is 55.9 Å². The summed E-state index contributed by atoms with van der Waals surface area (Å²) in [7, 11) is 0. The van der Waals surface area contributed by atoms with E-state index in [1.165, 1.54) is 12.8 Å². The lowest BCUT2D eigenvalue weighted by atomic mass is 10.1. The predicted octanol–water partition coefficient (Wildman–Crippen LogP) is 3.02. The standard InChI is InChI=1S/C13H18ClNO/c1-9(15)4-11-5-12(14)7-13(6-11)16-8-10-2-3-10/h5-7,9-10H,2-4,8,15H2,1H3. The minimum atomic E-state index is 0.148. The van der Waals surface area contributed by atoms with Crippen molar-refractivity contribution in [3.05, 3.63) is 28.8 Å². The highest BCUT2D eigenvalue weighted by atomic mass is 35.5. The molecule has 1 aromatic rings. The Labute approximate surface area is 102 Å². The second-order valence-corrected chi connectivity index (χ2v) is 5.17. The van der Waals surface area contributed by atoms with Crippen molar-refractivity contribution in [3.63, 3.8) is 0 Å². The van der Waals surface area contributed by atoms with Gasteiger partial charge in [-0.15, -0.1) is 0 Å². The maximum Gasteiger partial charge on any atom is 0.121 e. The Balaban J connectivity index is 2.01. The average molecular weight is 240 g/mol. The molecule has 0 bridgehead atoms. The second kappa shape index (κ2) is 5.07. The van der Waals surface area contributed by atoms with Crippen molar-refractivity contribution < 1.29 is 4.74 Å². The molecule has 0 aromatic heterocycles. The van der Waals surface area contributed by atoms with Crippen molar-refractivity contribution in [1.82, 2.24) is 0 Å². The summed E-state index contributed by atoms with van der Waals surface area (Å²) in [6, 6.07) is 6.01. The number of benzene rings is 1. The van der Waals surface area contributed by atoms with Crippen molar-refractivity contribution in [1.29, 1.82) is 0 Å². The third-order valence-electron chi connectivity index (χ3n) is 2.67. The zero-order chi connectivity index (χ0) is 11.5. The van der Waals surface area contributed by atoms with E-state index in [0.717, 1.165) is 35.3 Å². The van der Waals surface area contributed by atoms with Crippen LogP contribution in [0.15, 0.2) is 18.2 Å². The lowest BCUT2D eigenvalue weighted by molar-refractivity contribution is 0.299. The largest absolute Gasteiger partial charge is 0.493 e. The maximum absolute atomic E-state index is 6.04. The van der Waals surface area contributed by atoms with Crippen molar-refractivity contribution in [2.75, 3.05) is 6.61 Å². The molecule has 0 radical (unpaired) electrons. The molecular weight excluding hydrogens is 222 g/mol. The van der Waals surface area contributed by atoms with Crippen LogP contribution in [0.3, 0.4) is 0 Å². The highest BCUT2D eigenvalue weighted by Crippen LogP contribution is 2.30. The monoisotopic (exact) mass is 239 g/mol. The molecule has 0 spiro atoms. The maximum atomic E-state index is 6.04. The number of nitrogens with two attached hydrogens (primary N) is 1. The molecule has 1 aliphatic carbocycles. The zero-order valence-corrected chi connectivity index (χ0v) is 10.3. The minimum absolute atomic E-state index is 0.148. The molecule has 2 rings (SSSR count). The molecule has 2 nitrogen and oxygen atoms in total. The Morgan fingerprint density at radius 2 is 2.19 bits per heavy atom. The van der Waals surface area contributed by atoms with Gasteiger partial charge in [-0.25, -0.2) is 0 Å². The van der Waals surface area contributed by atoms with Crippen molar-refractivity contribution in [3.8, 4) is 5.75 Å². The molecule has 88 valence electrons. The van der Waals surface area contributed by atoms with Gasteiger partial charge in [0.25, 0.3) is 0 Å². The number of rotatable bonds is 5. The lowest BCUT2D eigenvalue weighted by Gasteiger charge is -2.10. The van der Waals surface area contributed by atoms with E-state index >= 15 is 0 Å². The van der Waals surface area contributed by atoms with E-state index in [0.29, 0.717) is 0 Å². The lowest BCUT2D eigenvalue weighted by Crippen LogP contribution is -2.17. The first-order valence-electron chi connectivity index (χ1n) is 5.81. The van der Waals surface area contributed by atoms with Gasteiger partial charge < -0.3 is 10.5 Å². The molecule has 1 unspecified atom stereocenters. The van der Waals surface area contributed by atoms with Gasteiger partial charge >= 0.3 is 0 Å². The number of hydrogen-bond acceptors (Lipinski definition) is 2. The SMILES string of the molecule is CC(N)Cc1cc(Cl)cc(OCC2CC2)c1. The highest BCUT2D eigenvalue weighted by molar-refractivity contribution is 6.30. The minimum Gasteiger partial charge on any atom is -0.493 e. The third-order valence-corrected chi connectivity index (χ3v) is 2.89.